The minimum Gasteiger partial charge on any atom is -0.383 e. The molecule has 4 nitrogen and oxygen atoms in total. The number of aromatic nitrogens is 2. The highest BCUT2D eigenvalue weighted by Crippen LogP contribution is 2.34. The summed E-state index contributed by atoms with van der Waals surface area (Å²) >= 11 is 1.63. The van der Waals surface area contributed by atoms with Crippen LogP contribution >= 0.6 is 11.3 Å². The maximum absolute atomic E-state index is 6.14. The highest BCUT2D eigenvalue weighted by atomic mass is 32.1. The van der Waals surface area contributed by atoms with E-state index in [0.717, 1.165) is 53.2 Å². The molecule has 1 aliphatic rings. The molecule has 0 aliphatic carbocycles. The summed E-state index contributed by atoms with van der Waals surface area (Å²) in [4.78, 5) is 9.28. The van der Waals surface area contributed by atoms with Crippen LogP contribution < -0.4 is 5.73 Å². The van der Waals surface area contributed by atoms with Crippen LogP contribution in [0.1, 0.15) is 24.5 Å². The van der Waals surface area contributed by atoms with Crippen molar-refractivity contribution in [3.8, 4) is 10.6 Å². The quantitative estimate of drug-likeness (QED) is 0.781. The Bertz CT molecular complexity index is 809. The molecule has 4 rings (SSSR count). The molecule has 1 aromatic carbocycles. The van der Waals surface area contributed by atoms with Crippen molar-refractivity contribution in [2.45, 2.75) is 18.8 Å². The molecule has 22 heavy (non-hydrogen) atoms. The standard InChI is InChI=1S/C17H17N3OS/c18-16-13(8-11-4-1-2-6-14(11)19-16)17-20-15(10-22-17)12-5-3-7-21-9-12/h1-2,4,6,8,10,12H,3,5,7,9H2,(H2,18,19). The Morgan fingerprint density at radius 2 is 2.14 bits per heavy atom. The molecule has 1 aliphatic heterocycles. The van der Waals surface area contributed by atoms with Crippen LogP contribution in [0.4, 0.5) is 5.82 Å². The summed E-state index contributed by atoms with van der Waals surface area (Å²) < 4.78 is 5.56. The molecule has 2 N–H and O–H groups in total. The summed E-state index contributed by atoms with van der Waals surface area (Å²) in [6, 6.07) is 10.1. The summed E-state index contributed by atoms with van der Waals surface area (Å²) in [6.07, 6.45) is 2.26. The fourth-order valence-corrected chi connectivity index (χ4v) is 3.80. The van der Waals surface area contributed by atoms with Crippen molar-refractivity contribution in [1.29, 1.82) is 0 Å². The van der Waals surface area contributed by atoms with Crippen LogP contribution in [-0.2, 0) is 4.74 Å². The van der Waals surface area contributed by atoms with E-state index in [9.17, 15) is 0 Å². The van der Waals surface area contributed by atoms with Crippen LogP contribution in [-0.4, -0.2) is 23.2 Å². The first-order valence-electron chi connectivity index (χ1n) is 7.50. The number of nitrogen functional groups attached to an aromatic ring is 1. The van der Waals surface area contributed by atoms with Crippen molar-refractivity contribution in [2.24, 2.45) is 0 Å². The van der Waals surface area contributed by atoms with Gasteiger partial charge < -0.3 is 10.5 Å². The van der Waals surface area contributed by atoms with E-state index in [4.69, 9.17) is 15.5 Å². The topological polar surface area (TPSA) is 61.0 Å². The molecular formula is C17H17N3OS. The van der Waals surface area contributed by atoms with Gasteiger partial charge in [-0.15, -0.1) is 11.3 Å². The van der Waals surface area contributed by atoms with E-state index in [0.29, 0.717) is 11.7 Å². The summed E-state index contributed by atoms with van der Waals surface area (Å²) in [5.74, 6) is 0.952. The fourth-order valence-electron chi connectivity index (χ4n) is 2.87. The molecule has 1 unspecified atom stereocenters. The lowest BCUT2D eigenvalue weighted by molar-refractivity contribution is 0.0795. The van der Waals surface area contributed by atoms with Gasteiger partial charge in [-0.3, -0.25) is 0 Å². The summed E-state index contributed by atoms with van der Waals surface area (Å²) in [7, 11) is 0. The van der Waals surface area contributed by atoms with Crippen LogP contribution in [0.25, 0.3) is 21.5 Å². The normalized spacial score (nSPS) is 18.6. The molecule has 112 valence electrons. The van der Waals surface area contributed by atoms with Gasteiger partial charge in [-0.25, -0.2) is 9.97 Å². The highest BCUT2D eigenvalue weighted by molar-refractivity contribution is 7.13. The number of rotatable bonds is 2. The van der Waals surface area contributed by atoms with E-state index in [1.165, 1.54) is 0 Å². The number of anilines is 1. The lowest BCUT2D eigenvalue weighted by Gasteiger charge is -2.20. The second kappa shape index (κ2) is 5.66. The van der Waals surface area contributed by atoms with Gasteiger partial charge in [0.1, 0.15) is 10.8 Å². The lowest BCUT2D eigenvalue weighted by Crippen LogP contribution is -2.15. The van der Waals surface area contributed by atoms with E-state index in [-0.39, 0.29) is 0 Å². The lowest BCUT2D eigenvalue weighted by atomic mass is 10.00. The zero-order valence-electron chi connectivity index (χ0n) is 12.2. The van der Waals surface area contributed by atoms with E-state index in [2.05, 4.69) is 22.5 Å². The smallest absolute Gasteiger partial charge is 0.134 e. The predicted octanol–water partition coefficient (Wildman–Crippen LogP) is 3.83. The van der Waals surface area contributed by atoms with Gasteiger partial charge in [0.2, 0.25) is 0 Å². The number of ether oxygens (including phenoxy) is 1. The van der Waals surface area contributed by atoms with Crippen molar-refractivity contribution >= 4 is 28.1 Å². The van der Waals surface area contributed by atoms with Gasteiger partial charge in [-0.2, -0.15) is 0 Å². The minimum atomic E-state index is 0.411. The SMILES string of the molecule is Nc1nc2ccccc2cc1-c1nc(C2CCCOC2)cs1. The highest BCUT2D eigenvalue weighted by Gasteiger charge is 2.20. The predicted molar refractivity (Wildman–Crippen MR) is 90.1 cm³/mol. The zero-order chi connectivity index (χ0) is 14.9. The Morgan fingerprint density at radius 1 is 1.23 bits per heavy atom. The Hall–Kier alpha value is -1.98. The number of para-hydroxylation sites is 1. The second-order valence-corrected chi connectivity index (χ2v) is 6.46. The third kappa shape index (κ3) is 2.46. The molecule has 1 atom stereocenters. The van der Waals surface area contributed by atoms with Crippen molar-refractivity contribution in [3.05, 3.63) is 41.4 Å². The van der Waals surface area contributed by atoms with E-state index < -0.39 is 0 Å². The van der Waals surface area contributed by atoms with Crippen LogP contribution in [0.5, 0.6) is 0 Å². The van der Waals surface area contributed by atoms with Crippen molar-refractivity contribution in [2.75, 3.05) is 18.9 Å². The third-order valence-corrected chi connectivity index (χ3v) is 4.98. The van der Waals surface area contributed by atoms with E-state index in [1.807, 2.05) is 18.2 Å². The van der Waals surface area contributed by atoms with Gasteiger partial charge in [0.25, 0.3) is 0 Å². The molecule has 2 aromatic heterocycles. The number of nitrogens with zero attached hydrogens (tertiary/aromatic N) is 2. The van der Waals surface area contributed by atoms with Gasteiger partial charge in [-0.05, 0) is 25.0 Å². The van der Waals surface area contributed by atoms with Crippen molar-refractivity contribution in [3.63, 3.8) is 0 Å². The summed E-state index contributed by atoms with van der Waals surface area (Å²) in [5.41, 5.74) is 9.10. The molecule has 5 heteroatoms. The van der Waals surface area contributed by atoms with Gasteiger partial charge >= 0.3 is 0 Å². The minimum absolute atomic E-state index is 0.411. The summed E-state index contributed by atoms with van der Waals surface area (Å²) in [5, 5.41) is 4.16. The average molecular weight is 311 g/mol. The van der Waals surface area contributed by atoms with Crippen molar-refractivity contribution in [1.82, 2.24) is 9.97 Å². The van der Waals surface area contributed by atoms with Gasteiger partial charge in [0.05, 0.1) is 23.4 Å². The molecule has 3 heterocycles. The number of pyridine rings is 1. The first-order chi connectivity index (χ1) is 10.8. The van der Waals surface area contributed by atoms with Crippen LogP contribution in [0.3, 0.4) is 0 Å². The Morgan fingerprint density at radius 3 is 3.00 bits per heavy atom. The zero-order valence-corrected chi connectivity index (χ0v) is 13.0. The molecule has 1 fully saturated rings. The molecule has 0 radical (unpaired) electrons. The largest absolute Gasteiger partial charge is 0.383 e. The number of fused-ring (bicyclic) bond motifs is 1. The third-order valence-electron chi connectivity index (χ3n) is 4.08. The molecule has 0 spiro atoms. The Balaban J connectivity index is 1.72. The Kier molecular flexibility index (Phi) is 3.52. The van der Waals surface area contributed by atoms with Gasteiger partial charge in [-0.1, -0.05) is 18.2 Å². The number of thiazole rings is 1. The number of hydrogen-bond donors (Lipinski definition) is 1. The van der Waals surface area contributed by atoms with Crippen LogP contribution in [0.2, 0.25) is 0 Å². The Labute approximate surface area is 133 Å². The maximum atomic E-state index is 6.14. The number of nitrogens with two attached hydrogens (primary N) is 1. The van der Waals surface area contributed by atoms with Crippen molar-refractivity contribution < 1.29 is 4.74 Å². The van der Waals surface area contributed by atoms with Crippen LogP contribution in [0.15, 0.2) is 35.7 Å². The van der Waals surface area contributed by atoms with E-state index in [1.54, 1.807) is 11.3 Å². The average Bonchev–Trinajstić information content (AvgIpc) is 3.05. The first kappa shape index (κ1) is 13.7. The van der Waals surface area contributed by atoms with Crippen LogP contribution in [0, 0.1) is 0 Å². The number of hydrogen-bond acceptors (Lipinski definition) is 5. The first-order valence-corrected chi connectivity index (χ1v) is 8.38. The molecule has 0 bridgehead atoms. The molecular weight excluding hydrogens is 294 g/mol. The monoisotopic (exact) mass is 311 g/mol. The van der Waals surface area contributed by atoms with E-state index >= 15 is 0 Å². The maximum Gasteiger partial charge on any atom is 0.134 e. The fraction of sp³-hybridized carbons (Fsp3) is 0.294. The van der Waals surface area contributed by atoms with Gasteiger partial charge in [0, 0.05) is 23.3 Å². The molecule has 0 saturated carbocycles. The molecule has 3 aromatic rings. The molecule has 1 saturated heterocycles. The summed E-state index contributed by atoms with van der Waals surface area (Å²) in [6.45, 7) is 1.64. The van der Waals surface area contributed by atoms with Gasteiger partial charge in [0.15, 0.2) is 0 Å². The number of benzene rings is 1. The molecule has 0 amide bonds. The second-order valence-electron chi connectivity index (χ2n) is 5.61.